The fourth-order valence-electron chi connectivity index (χ4n) is 2.99. The molecule has 1 N–H and O–H groups in total. The van der Waals surface area contributed by atoms with Crippen LogP contribution in [0.3, 0.4) is 0 Å². The first-order chi connectivity index (χ1) is 12.8. The SMILES string of the molecule is O=S(=O)(Cc1ccccc1Cl)Nc1ccc(S(=O)(=O)N2CCCCC2)cc1. The third-order valence-electron chi connectivity index (χ3n) is 4.38. The summed E-state index contributed by atoms with van der Waals surface area (Å²) in [6.45, 7) is 1.04. The Morgan fingerprint density at radius 2 is 1.52 bits per heavy atom. The van der Waals surface area contributed by atoms with Gasteiger partial charge in [0.2, 0.25) is 20.0 Å². The van der Waals surface area contributed by atoms with Crippen LogP contribution in [-0.2, 0) is 25.8 Å². The number of halogens is 1. The number of nitrogens with one attached hydrogen (secondary N) is 1. The number of benzene rings is 2. The zero-order valence-corrected chi connectivity index (χ0v) is 17.0. The van der Waals surface area contributed by atoms with Gasteiger partial charge in [-0.25, -0.2) is 16.8 Å². The summed E-state index contributed by atoms with van der Waals surface area (Å²) in [5.41, 5.74) is 0.801. The molecule has 0 bridgehead atoms. The van der Waals surface area contributed by atoms with E-state index >= 15 is 0 Å². The van der Waals surface area contributed by atoms with Crippen LogP contribution in [0.5, 0.6) is 0 Å². The van der Waals surface area contributed by atoms with Crippen LogP contribution in [0.2, 0.25) is 5.02 Å². The lowest BCUT2D eigenvalue weighted by atomic mass is 10.2. The largest absolute Gasteiger partial charge is 0.283 e. The summed E-state index contributed by atoms with van der Waals surface area (Å²) in [6.07, 6.45) is 2.76. The van der Waals surface area contributed by atoms with Crippen molar-refractivity contribution in [3.05, 3.63) is 59.1 Å². The molecule has 0 saturated carbocycles. The van der Waals surface area contributed by atoms with E-state index in [9.17, 15) is 16.8 Å². The van der Waals surface area contributed by atoms with Gasteiger partial charge in [-0.2, -0.15) is 4.31 Å². The van der Waals surface area contributed by atoms with Gasteiger partial charge < -0.3 is 0 Å². The van der Waals surface area contributed by atoms with E-state index in [-0.39, 0.29) is 10.6 Å². The predicted octanol–water partition coefficient (Wildman–Crippen LogP) is 3.46. The van der Waals surface area contributed by atoms with Gasteiger partial charge >= 0.3 is 0 Å². The van der Waals surface area contributed by atoms with Crippen molar-refractivity contribution in [2.45, 2.75) is 29.9 Å². The predicted molar refractivity (Wildman–Crippen MR) is 107 cm³/mol. The second-order valence-corrected chi connectivity index (χ2v) is 10.5. The Bertz CT molecular complexity index is 1000. The molecule has 9 heteroatoms. The van der Waals surface area contributed by atoms with Crippen LogP contribution in [0.1, 0.15) is 24.8 Å². The van der Waals surface area contributed by atoms with Gasteiger partial charge in [0.1, 0.15) is 0 Å². The van der Waals surface area contributed by atoms with E-state index in [2.05, 4.69) is 4.72 Å². The zero-order chi connectivity index (χ0) is 19.5. The van der Waals surface area contributed by atoms with E-state index < -0.39 is 20.0 Å². The standard InChI is InChI=1S/C18H21ClN2O4S2/c19-18-7-3-2-6-15(18)14-26(22,23)20-16-8-10-17(11-9-16)27(24,25)21-12-4-1-5-13-21/h2-3,6-11,20H,1,4-5,12-14H2. The molecule has 2 aromatic rings. The maximum absolute atomic E-state index is 12.6. The summed E-state index contributed by atoms with van der Waals surface area (Å²) >= 11 is 6.01. The van der Waals surface area contributed by atoms with Gasteiger partial charge in [0.25, 0.3) is 0 Å². The van der Waals surface area contributed by atoms with Crippen molar-refractivity contribution in [2.24, 2.45) is 0 Å². The summed E-state index contributed by atoms with van der Waals surface area (Å²) in [7, 11) is -7.21. The number of rotatable bonds is 6. The van der Waals surface area contributed by atoms with Gasteiger partial charge in [-0.05, 0) is 48.7 Å². The van der Waals surface area contributed by atoms with Crippen LogP contribution >= 0.6 is 11.6 Å². The molecule has 1 heterocycles. The number of hydrogen-bond acceptors (Lipinski definition) is 4. The van der Waals surface area contributed by atoms with E-state index in [0.717, 1.165) is 19.3 Å². The average Bonchev–Trinajstić information content (AvgIpc) is 2.64. The normalized spacial score (nSPS) is 16.2. The van der Waals surface area contributed by atoms with Crippen LogP contribution in [-0.4, -0.2) is 34.2 Å². The van der Waals surface area contributed by atoms with Crippen LogP contribution in [0.4, 0.5) is 5.69 Å². The minimum atomic E-state index is -3.67. The topological polar surface area (TPSA) is 83.5 Å². The Balaban J connectivity index is 1.72. The zero-order valence-electron chi connectivity index (χ0n) is 14.6. The highest BCUT2D eigenvalue weighted by Gasteiger charge is 2.25. The summed E-state index contributed by atoms with van der Waals surface area (Å²) in [5, 5.41) is 0.380. The first-order valence-corrected chi connectivity index (χ1v) is 12.1. The molecule has 0 spiro atoms. The highest BCUT2D eigenvalue weighted by molar-refractivity contribution is 7.92. The smallest absolute Gasteiger partial charge is 0.243 e. The lowest BCUT2D eigenvalue weighted by Gasteiger charge is -2.25. The van der Waals surface area contributed by atoms with Crippen molar-refractivity contribution in [2.75, 3.05) is 17.8 Å². The van der Waals surface area contributed by atoms with Gasteiger partial charge in [-0.1, -0.05) is 36.2 Å². The Kier molecular flexibility index (Phi) is 6.10. The Morgan fingerprint density at radius 3 is 2.15 bits per heavy atom. The first kappa shape index (κ1) is 20.1. The molecule has 1 saturated heterocycles. The van der Waals surface area contributed by atoms with Crippen molar-refractivity contribution in [3.63, 3.8) is 0 Å². The summed E-state index contributed by atoms with van der Waals surface area (Å²) in [6, 6.07) is 12.5. The van der Waals surface area contributed by atoms with Crippen LogP contribution < -0.4 is 4.72 Å². The molecular formula is C18H21ClN2O4S2. The maximum atomic E-state index is 12.6. The van der Waals surface area contributed by atoms with Gasteiger partial charge in [-0.15, -0.1) is 0 Å². The summed E-state index contributed by atoms with van der Waals surface area (Å²) in [5.74, 6) is -0.263. The maximum Gasteiger partial charge on any atom is 0.243 e. The monoisotopic (exact) mass is 428 g/mol. The highest BCUT2D eigenvalue weighted by Crippen LogP contribution is 2.23. The fourth-order valence-corrected chi connectivity index (χ4v) is 6.01. The van der Waals surface area contributed by atoms with Crippen LogP contribution in [0.15, 0.2) is 53.4 Å². The molecule has 0 aromatic heterocycles. The number of hydrogen-bond donors (Lipinski definition) is 1. The minimum Gasteiger partial charge on any atom is -0.283 e. The third kappa shape index (κ3) is 5.01. The molecule has 6 nitrogen and oxygen atoms in total. The van der Waals surface area contributed by atoms with E-state index in [1.54, 1.807) is 24.3 Å². The van der Waals surface area contributed by atoms with Gasteiger partial charge in [0, 0.05) is 23.8 Å². The molecule has 3 rings (SSSR count). The molecule has 1 aliphatic rings. The number of sulfonamides is 2. The number of piperidine rings is 1. The number of anilines is 1. The van der Waals surface area contributed by atoms with Crippen molar-refractivity contribution >= 4 is 37.3 Å². The first-order valence-electron chi connectivity index (χ1n) is 8.62. The Morgan fingerprint density at radius 1 is 0.889 bits per heavy atom. The molecule has 0 unspecified atom stereocenters. The molecule has 1 aliphatic heterocycles. The summed E-state index contributed by atoms with van der Waals surface area (Å²) < 4.78 is 53.9. The van der Waals surface area contributed by atoms with Gasteiger partial charge in [0.05, 0.1) is 10.6 Å². The molecule has 0 atom stereocenters. The Labute approximate surface area is 165 Å². The van der Waals surface area contributed by atoms with E-state index in [1.165, 1.54) is 28.6 Å². The molecule has 2 aromatic carbocycles. The molecule has 0 radical (unpaired) electrons. The van der Waals surface area contributed by atoms with Gasteiger partial charge in [-0.3, -0.25) is 4.72 Å². The molecule has 0 amide bonds. The van der Waals surface area contributed by atoms with E-state index in [4.69, 9.17) is 11.6 Å². The van der Waals surface area contributed by atoms with Crippen molar-refractivity contribution in [3.8, 4) is 0 Å². The van der Waals surface area contributed by atoms with Crippen LogP contribution in [0.25, 0.3) is 0 Å². The van der Waals surface area contributed by atoms with Crippen molar-refractivity contribution in [1.82, 2.24) is 4.31 Å². The van der Waals surface area contributed by atoms with E-state index in [0.29, 0.717) is 29.4 Å². The fraction of sp³-hybridized carbons (Fsp3) is 0.333. The average molecular weight is 429 g/mol. The molecular weight excluding hydrogens is 408 g/mol. The lowest BCUT2D eigenvalue weighted by molar-refractivity contribution is 0.346. The third-order valence-corrected chi connectivity index (χ3v) is 7.90. The minimum absolute atomic E-state index is 0.165. The quantitative estimate of drug-likeness (QED) is 0.763. The Hall–Kier alpha value is -1.61. The second-order valence-electron chi connectivity index (χ2n) is 6.44. The second kappa shape index (κ2) is 8.18. The summed E-state index contributed by atoms with van der Waals surface area (Å²) in [4.78, 5) is 0.165. The lowest BCUT2D eigenvalue weighted by Crippen LogP contribution is -2.35. The molecule has 0 aliphatic carbocycles. The van der Waals surface area contributed by atoms with Crippen molar-refractivity contribution < 1.29 is 16.8 Å². The number of nitrogens with zero attached hydrogens (tertiary/aromatic N) is 1. The molecule has 146 valence electrons. The van der Waals surface area contributed by atoms with Crippen LogP contribution in [0, 0.1) is 0 Å². The molecule has 1 fully saturated rings. The molecule has 27 heavy (non-hydrogen) atoms. The van der Waals surface area contributed by atoms with Crippen molar-refractivity contribution in [1.29, 1.82) is 0 Å². The highest BCUT2D eigenvalue weighted by atomic mass is 35.5. The van der Waals surface area contributed by atoms with E-state index in [1.807, 2.05) is 0 Å². The van der Waals surface area contributed by atoms with Gasteiger partial charge in [0.15, 0.2) is 0 Å².